The molecule has 0 saturated carbocycles. The minimum absolute atomic E-state index is 0.0795. The van der Waals surface area contributed by atoms with Gasteiger partial charge in [0.05, 0.1) is 28.2 Å². The number of nitrogens with one attached hydrogen (secondary N) is 3. The predicted octanol–water partition coefficient (Wildman–Crippen LogP) is 3.64. The highest BCUT2D eigenvalue weighted by molar-refractivity contribution is 6.39. The standard InChI is InChI=1S/C21H26Cl2N4O2/c1-14(24)21(29)26-12-5-4-11-25-19(28)13-15-7-2-3-10-18(15)27-20-16(22)8-6-9-17(20)23/h2-3,6-10,14,27H,4-5,11-13,24H2,1H3,(H,25,28)(H,26,29)/t14-/m0/s1. The SMILES string of the molecule is C[C@H](N)C(=O)NCCCCNC(=O)Cc1ccccc1Nc1c(Cl)cccc1Cl. The van der Waals surface area contributed by atoms with Crippen LogP contribution in [-0.2, 0) is 16.0 Å². The Balaban J connectivity index is 1.83. The third kappa shape index (κ3) is 7.57. The average Bonchev–Trinajstić information content (AvgIpc) is 2.68. The molecular formula is C21H26Cl2N4O2. The zero-order valence-corrected chi connectivity index (χ0v) is 17.8. The van der Waals surface area contributed by atoms with Gasteiger partial charge in [0.1, 0.15) is 0 Å². The molecule has 2 amide bonds. The molecule has 156 valence electrons. The van der Waals surface area contributed by atoms with Gasteiger partial charge in [-0.3, -0.25) is 9.59 Å². The first-order valence-corrected chi connectivity index (χ1v) is 10.2. The first-order chi connectivity index (χ1) is 13.9. The van der Waals surface area contributed by atoms with Gasteiger partial charge in [0.2, 0.25) is 11.8 Å². The number of rotatable bonds is 10. The number of benzene rings is 2. The molecule has 0 aromatic heterocycles. The van der Waals surface area contributed by atoms with Gasteiger partial charge in [0.25, 0.3) is 0 Å². The lowest BCUT2D eigenvalue weighted by Crippen LogP contribution is -2.38. The molecule has 2 aromatic carbocycles. The fourth-order valence-corrected chi connectivity index (χ4v) is 3.13. The molecule has 2 rings (SSSR count). The number of unbranched alkanes of at least 4 members (excludes halogenated alkanes) is 1. The molecule has 0 bridgehead atoms. The fourth-order valence-electron chi connectivity index (χ4n) is 2.63. The van der Waals surface area contributed by atoms with Crippen LogP contribution in [0, 0.1) is 0 Å². The van der Waals surface area contributed by atoms with Gasteiger partial charge in [0, 0.05) is 18.8 Å². The van der Waals surface area contributed by atoms with Crippen molar-refractivity contribution in [1.29, 1.82) is 0 Å². The number of hydrogen-bond donors (Lipinski definition) is 4. The summed E-state index contributed by atoms with van der Waals surface area (Å²) in [6, 6.07) is 12.3. The third-order valence-electron chi connectivity index (χ3n) is 4.23. The Labute approximate surface area is 181 Å². The van der Waals surface area contributed by atoms with Crippen LogP contribution in [0.4, 0.5) is 11.4 Å². The quantitative estimate of drug-likeness (QED) is 0.427. The fraction of sp³-hybridized carbons (Fsp3) is 0.333. The van der Waals surface area contributed by atoms with Crippen LogP contribution in [-0.4, -0.2) is 30.9 Å². The maximum absolute atomic E-state index is 12.3. The van der Waals surface area contributed by atoms with Crippen LogP contribution < -0.4 is 21.7 Å². The number of hydrogen-bond acceptors (Lipinski definition) is 4. The molecule has 0 aliphatic carbocycles. The van der Waals surface area contributed by atoms with E-state index in [0.717, 1.165) is 24.1 Å². The van der Waals surface area contributed by atoms with Crippen LogP contribution in [0.1, 0.15) is 25.3 Å². The van der Waals surface area contributed by atoms with Gasteiger partial charge in [0.15, 0.2) is 0 Å². The van der Waals surface area contributed by atoms with Crippen molar-refractivity contribution in [3.05, 3.63) is 58.1 Å². The molecule has 0 saturated heterocycles. The van der Waals surface area contributed by atoms with Crippen LogP contribution in [0.3, 0.4) is 0 Å². The van der Waals surface area contributed by atoms with Crippen LogP contribution >= 0.6 is 23.2 Å². The van der Waals surface area contributed by atoms with E-state index in [1.165, 1.54) is 0 Å². The van der Waals surface area contributed by atoms with Crippen molar-refractivity contribution in [2.75, 3.05) is 18.4 Å². The lowest BCUT2D eigenvalue weighted by molar-refractivity contribution is -0.122. The Kier molecular flexibility index (Phi) is 9.25. The number of amides is 2. The van der Waals surface area contributed by atoms with E-state index in [-0.39, 0.29) is 18.2 Å². The molecule has 0 spiro atoms. The molecule has 0 radical (unpaired) electrons. The van der Waals surface area contributed by atoms with Crippen molar-refractivity contribution in [2.45, 2.75) is 32.2 Å². The van der Waals surface area contributed by atoms with Gasteiger partial charge in [-0.1, -0.05) is 47.5 Å². The lowest BCUT2D eigenvalue weighted by Gasteiger charge is -2.14. The molecular weight excluding hydrogens is 411 g/mol. The number of carbonyl (C=O) groups excluding carboxylic acids is 2. The van der Waals surface area contributed by atoms with E-state index in [9.17, 15) is 9.59 Å². The molecule has 8 heteroatoms. The third-order valence-corrected chi connectivity index (χ3v) is 4.86. The summed E-state index contributed by atoms with van der Waals surface area (Å²) in [5, 5.41) is 9.88. The molecule has 0 unspecified atom stereocenters. The van der Waals surface area contributed by atoms with E-state index >= 15 is 0 Å². The van der Waals surface area contributed by atoms with Crippen molar-refractivity contribution in [3.8, 4) is 0 Å². The van der Waals surface area contributed by atoms with Crippen LogP contribution in [0.5, 0.6) is 0 Å². The summed E-state index contributed by atoms with van der Waals surface area (Å²) in [4.78, 5) is 23.7. The average molecular weight is 437 g/mol. The zero-order valence-electron chi connectivity index (χ0n) is 16.3. The van der Waals surface area contributed by atoms with Crippen LogP contribution in [0.2, 0.25) is 10.0 Å². The minimum Gasteiger partial charge on any atom is -0.356 e. The number of nitrogens with two attached hydrogens (primary N) is 1. The highest BCUT2D eigenvalue weighted by Gasteiger charge is 2.11. The minimum atomic E-state index is -0.510. The Morgan fingerprint density at radius 1 is 0.966 bits per heavy atom. The first-order valence-electron chi connectivity index (χ1n) is 9.47. The van der Waals surface area contributed by atoms with Crippen molar-refractivity contribution in [2.24, 2.45) is 5.73 Å². The summed E-state index contributed by atoms with van der Waals surface area (Å²) in [7, 11) is 0. The summed E-state index contributed by atoms with van der Waals surface area (Å²) in [6.45, 7) is 2.72. The summed E-state index contributed by atoms with van der Waals surface area (Å²) in [5.74, 6) is -0.249. The molecule has 2 aromatic rings. The van der Waals surface area contributed by atoms with Crippen molar-refractivity contribution in [1.82, 2.24) is 10.6 Å². The number of carbonyl (C=O) groups is 2. The van der Waals surface area contributed by atoms with Crippen molar-refractivity contribution in [3.63, 3.8) is 0 Å². The van der Waals surface area contributed by atoms with Gasteiger partial charge < -0.3 is 21.7 Å². The van der Waals surface area contributed by atoms with E-state index < -0.39 is 6.04 Å². The van der Waals surface area contributed by atoms with Crippen LogP contribution in [0.25, 0.3) is 0 Å². The highest BCUT2D eigenvalue weighted by Crippen LogP contribution is 2.33. The maximum Gasteiger partial charge on any atom is 0.236 e. The van der Waals surface area contributed by atoms with E-state index in [0.29, 0.717) is 28.8 Å². The van der Waals surface area contributed by atoms with Crippen LogP contribution in [0.15, 0.2) is 42.5 Å². The Hall–Kier alpha value is -2.28. The Morgan fingerprint density at radius 3 is 2.24 bits per heavy atom. The van der Waals surface area contributed by atoms with E-state index in [4.69, 9.17) is 28.9 Å². The highest BCUT2D eigenvalue weighted by atomic mass is 35.5. The van der Waals surface area contributed by atoms with Gasteiger partial charge in [-0.25, -0.2) is 0 Å². The molecule has 0 fully saturated rings. The molecule has 29 heavy (non-hydrogen) atoms. The van der Waals surface area contributed by atoms with Crippen molar-refractivity contribution < 1.29 is 9.59 Å². The van der Waals surface area contributed by atoms with E-state index in [2.05, 4.69) is 16.0 Å². The summed E-state index contributed by atoms with van der Waals surface area (Å²) >= 11 is 12.5. The summed E-state index contributed by atoms with van der Waals surface area (Å²) < 4.78 is 0. The second-order valence-electron chi connectivity index (χ2n) is 6.69. The van der Waals surface area contributed by atoms with Crippen molar-refractivity contribution >= 4 is 46.4 Å². The normalized spacial score (nSPS) is 11.6. The number of halogens is 2. The maximum atomic E-state index is 12.3. The molecule has 1 atom stereocenters. The van der Waals surface area contributed by atoms with Gasteiger partial charge in [-0.2, -0.15) is 0 Å². The predicted molar refractivity (Wildman–Crippen MR) is 119 cm³/mol. The van der Waals surface area contributed by atoms with Gasteiger partial charge in [-0.05, 0) is 43.5 Å². The largest absolute Gasteiger partial charge is 0.356 e. The van der Waals surface area contributed by atoms with Gasteiger partial charge in [-0.15, -0.1) is 0 Å². The molecule has 6 nitrogen and oxygen atoms in total. The summed E-state index contributed by atoms with van der Waals surface area (Å²) in [6.07, 6.45) is 1.76. The lowest BCUT2D eigenvalue weighted by atomic mass is 10.1. The summed E-state index contributed by atoms with van der Waals surface area (Å²) in [5.41, 5.74) is 7.70. The van der Waals surface area contributed by atoms with E-state index in [1.54, 1.807) is 25.1 Å². The number of anilines is 2. The zero-order chi connectivity index (χ0) is 21.2. The molecule has 0 aliphatic rings. The van der Waals surface area contributed by atoms with Gasteiger partial charge >= 0.3 is 0 Å². The molecule has 0 aliphatic heterocycles. The Morgan fingerprint density at radius 2 is 1.59 bits per heavy atom. The smallest absolute Gasteiger partial charge is 0.236 e. The van der Waals surface area contributed by atoms with E-state index in [1.807, 2.05) is 24.3 Å². The second kappa shape index (κ2) is 11.7. The second-order valence-corrected chi connectivity index (χ2v) is 7.51. The molecule has 5 N–H and O–H groups in total. The monoisotopic (exact) mass is 436 g/mol. The number of para-hydroxylation sites is 2. The Bertz CT molecular complexity index is 823. The topological polar surface area (TPSA) is 96.2 Å². The molecule has 0 heterocycles. The first kappa shape index (κ1) is 23.0.